The minimum Gasteiger partial charge on any atom is -0.406 e. The van der Waals surface area contributed by atoms with E-state index in [-0.39, 0.29) is 11.6 Å². The van der Waals surface area contributed by atoms with Gasteiger partial charge in [-0.3, -0.25) is 4.68 Å². The molecule has 28 heavy (non-hydrogen) atoms. The number of hydrogen-bond acceptors (Lipinski definition) is 4. The van der Waals surface area contributed by atoms with Crippen LogP contribution in [0.25, 0.3) is 22.3 Å². The van der Waals surface area contributed by atoms with Gasteiger partial charge in [-0.05, 0) is 38.1 Å². The van der Waals surface area contributed by atoms with Crippen molar-refractivity contribution in [3.8, 4) is 17.1 Å². The molecule has 4 rings (SSSR count). The minimum atomic E-state index is -0.658. The molecule has 0 bridgehead atoms. The molecule has 1 amide bonds. The smallest absolute Gasteiger partial charge is 0.406 e. The summed E-state index contributed by atoms with van der Waals surface area (Å²) in [5, 5.41) is 1.01. The Morgan fingerprint density at radius 1 is 1.11 bits per heavy atom. The SMILES string of the molecule is Cc1nc(-c2cccc(F)c2)ncc1OC(=O)Nn1c(C)cc2ccccc21. The molecule has 0 saturated heterocycles. The van der Waals surface area contributed by atoms with Crippen LogP contribution >= 0.6 is 0 Å². The van der Waals surface area contributed by atoms with Crippen molar-refractivity contribution in [2.45, 2.75) is 13.8 Å². The third kappa shape index (κ3) is 3.42. The summed E-state index contributed by atoms with van der Waals surface area (Å²) in [6, 6.07) is 15.7. The zero-order valence-electron chi connectivity index (χ0n) is 15.3. The number of nitrogens with one attached hydrogen (secondary N) is 1. The lowest BCUT2D eigenvalue weighted by atomic mass is 10.2. The number of para-hydroxylation sites is 1. The van der Waals surface area contributed by atoms with Crippen LogP contribution in [-0.4, -0.2) is 20.7 Å². The molecular weight excluding hydrogens is 359 g/mol. The normalized spacial score (nSPS) is 10.8. The first-order valence-corrected chi connectivity index (χ1v) is 8.67. The van der Waals surface area contributed by atoms with E-state index in [0.29, 0.717) is 17.1 Å². The average Bonchev–Trinajstić information content (AvgIpc) is 2.99. The number of hydrogen-bond donors (Lipinski definition) is 1. The summed E-state index contributed by atoms with van der Waals surface area (Å²) in [5.74, 6) is 0.219. The Bertz CT molecular complexity index is 1190. The van der Waals surface area contributed by atoms with E-state index in [0.717, 1.165) is 16.6 Å². The molecule has 0 radical (unpaired) electrons. The van der Waals surface area contributed by atoms with Gasteiger partial charge in [0.1, 0.15) is 5.82 Å². The summed E-state index contributed by atoms with van der Waals surface area (Å²) < 4.78 is 20.4. The monoisotopic (exact) mass is 376 g/mol. The minimum absolute atomic E-state index is 0.228. The second-order valence-corrected chi connectivity index (χ2v) is 6.33. The molecule has 0 atom stereocenters. The molecule has 7 heteroatoms. The third-order valence-corrected chi connectivity index (χ3v) is 4.32. The number of nitrogens with zero attached hydrogens (tertiary/aromatic N) is 3. The van der Waals surface area contributed by atoms with Crippen molar-refractivity contribution in [2.24, 2.45) is 0 Å². The summed E-state index contributed by atoms with van der Waals surface area (Å²) in [6.45, 7) is 3.59. The van der Waals surface area contributed by atoms with Gasteiger partial charge in [-0.15, -0.1) is 0 Å². The van der Waals surface area contributed by atoms with E-state index in [1.807, 2.05) is 37.3 Å². The van der Waals surface area contributed by atoms with Crippen molar-refractivity contribution < 1.29 is 13.9 Å². The highest BCUT2D eigenvalue weighted by atomic mass is 19.1. The quantitative estimate of drug-likeness (QED) is 0.567. The lowest BCUT2D eigenvalue weighted by molar-refractivity contribution is 0.211. The number of aryl methyl sites for hydroxylation is 2. The lowest BCUT2D eigenvalue weighted by Crippen LogP contribution is -2.27. The first kappa shape index (κ1) is 17.7. The molecule has 2 aromatic carbocycles. The van der Waals surface area contributed by atoms with Crippen LogP contribution in [0.4, 0.5) is 9.18 Å². The fourth-order valence-electron chi connectivity index (χ4n) is 2.98. The zero-order chi connectivity index (χ0) is 19.7. The summed E-state index contributed by atoms with van der Waals surface area (Å²) in [4.78, 5) is 20.9. The van der Waals surface area contributed by atoms with E-state index in [1.165, 1.54) is 18.3 Å². The topological polar surface area (TPSA) is 69.0 Å². The number of halogens is 1. The molecule has 0 fully saturated rings. The fraction of sp³-hybridized carbons (Fsp3) is 0.0952. The first-order chi connectivity index (χ1) is 13.5. The van der Waals surface area contributed by atoms with E-state index >= 15 is 0 Å². The van der Waals surface area contributed by atoms with Gasteiger partial charge in [0.2, 0.25) is 0 Å². The largest absolute Gasteiger partial charge is 0.432 e. The Morgan fingerprint density at radius 2 is 1.93 bits per heavy atom. The van der Waals surface area contributed by atoms with Crippen molar-refractivity contribution in [3.05, 3.63) is 78.0 Å². The van der Waals surface area contributed by atoms with Crippen LogP contribution in [0.3, 0.4) is 0 Å². The Balaban J connectivity index is 1.54. The number of carbonyl (C=O) groups excluding carboxylic acids is 1. The van der Waals surface area contributed by atoms with Crippen LogP contribution in [0, 0.1) is 19.7 Å². The summed E-state index contributed by atoms with van der Waals surface area (Å²) >= 11 is 0. The molecule has 4 aromatic rings. The lowest BCUT2D eigenvalue weighted by Gasteiger charge is -2.12. The van der Waals surface area contributed by atoms with E-state index in [9.17, 15) is 9.18 Å². The first-order valence-electron chi connectivity index (χ1n) is 8.67. The molecule has 0 aliphatic rings. The van der Waals surface area contributed by atoms with Crippen LogP contribution in [0.2, 0.25) is 0 Å². The number of aromatic nitrogens is 3. The van der Waals surface area contributed by atoms with Crippen LogP contribution < -0.4 is 10.2 Å². The van der Waals surface area contributed by atoms with Gasteiger partial charge in [-0.2, -0.15) is 0 Å². The number of amides is 1. The molecule has 2 heterocycles. The predicted molar refractivity (Wildman–Crippen MR) is 104 cm³/mol. The summed E-state index contributed by atoms with van der Waals surface area (Å²) in [6.07, 6.45) is 0.748. The number of rotatable bonds is 3. The number of fused-ring (bicyclic) bond motifs is 1. The molecule has 0 unspecified atom stereocenters. The maximum absolute atomic E-state index is 13.4. The second-order valence-electron chi connectivity index (χ2n) is 6.33. The van der Waals surface area contributed by atoms with Crippen molar-refractivity contribution in [1.82, 2.24) is 14.6 Å². The highest BCUT2D eigenvalue weighted by molar-refractivity contribution is 5.86. The Morgan fingerprint density at radius 3 is 2.71 bits per heavy atom. The fourth-order valence-corrected chi connectivity index (χ4v) is 2.98. The molecule has 0 spiro atoms. The van der Waals surface area contributed by atoms with E-state index in [2.05, 4.69) is 15.4 Å². The van der Waals surface area contributed by atoms with E-state index in [4.69, 9.17) is 4.74 Å². The van der Waals surface area contributed by atoms with Gasteiger partial charge >= 0.3 is 6.09 Å². The van der Waals surface area contributed by atoms with Crippen LogP contribution in [0.15, 0.2) is 60.8 Å². The third-order valence-electron chi connectivity index (χ3n) is 4.32. The molecule has 2 aromatic heterocycles. The van der Waals surface area contributed by atoms with Crippen molar-refractivity contribution in [3.63, 3.8) is 0 Å². The maximum Gasteiger partial charge on any atom is 0.432 e. The van der Waals surface area contributed by atoms with Gasteiger partial charge in [0, 0.05) is 16.6 Å². The number of benzene rings is 2. The summed E-state index contributed by atoms with van der Waals surface area (Å²) in [5.41, 5.74) is 5.47. The van der Waals surface area contributed by atoms with Crippen molar-refractivity contribution in [2.75, 3.05) is 5.43 Å². The zero-order valence-corrected chi connectivity index (χ0v) is 15.3. The Labute approximate surface area is 160 Å². The van der Waals surface area contributed by atoms with Gasteiger partial charge in [0.05, 0.1) is 17.4 Å². The Kier molecular flexibility index (Phi) is 4.49. The van der Waals surface area contributed by atoms with Crippen LogP contribution in [-0.2, 0) is 0 Å². The molecule has 0 saturated carbocycles. The standard InChI is InChI=1S/C21H17FN4O2/c1-13-10-15-6-3-4-9-18(15)26(13)25-21(27)28-19-12-23-20(24-14(19)2)16-7-5-8-17(22)11-16/h3-12H,1-2H3,(H,25,27). The molecule has 0 aliphatic heterocycles. The van der Waals surface area contributed by atoms with Crippen LogP contribution in [0.5, 0.6) is 5.75 Å². The molecule has 140 valence electrons. The molecular formula is C21H17FN4O2. The van der Waals surface area contributed by atoms with Gasteiger partial charge < -0.3 is 4.74 Å². The van der Waals surface area contributed by atoms with Gasteiger partial charge in [0.25, 0.3) is 0 Å². The van der Waals surface area contributed by atoms with E-state index in [1.54, 1.807) is 23.7 Å². The highest BCUT2D eigenvalue weighted by Gasteiger charge is 2.13. The van der Waals surface area contributed by atoms with Gasteiger partial charge in [-0.25, -0.2) is 24.6 Å². The van der Waals surface area contributed by atoms with Gasteiger partial charge in [-0.1, -0.05) is 30.3 Å². The Hall–Kier alpha value is -3.74. The summed E-state index contributed by atoms with van der Waals surface area (Å²) in [7, 11) is 0. The number of carbonyl (C=O) groups is 1. The van der Waals surface area contributed by atoms with Crippen LogP contribution in [0.1, 0.15) is 11.4 Å². The number of ether oxygens (including phenoxy) is 1. The second kappa shape index (κ2) is 7.11. The van der Waals surface area contributed by atoms with Crippen molar-refractivity contribution in [1.29, 1.82) is 0 Å². The average molecular weight is 376 g/mol. The van der Waals surface area contributed by atoms with E-state index < -0.39 is 6.09 Å². The highest BCUT2D eigenvalue weighted by Crippen LogP contribution is 2.22. The van der Waals surface area contributed by atoms with Crippen molar-refractivity contribution >= 4 is 17.0 Å². The molecule has 0 aliphatic carbocycles. The predicted octanol–water partition coefficient (Wildman–Crippen LogP) is 4.60. The molecule has 1 N–H and O–H groups in total. The maximum atomic E-state index is 13.4. The molecule has 6 nitrogen and oxygen atoms in total. The van der Waals surface area contributed by atoms with Gasteiger partial charge in [0.15, 0.2) is 11.6 Å².